The highest BCUT2D eigenvalue weighted by Crippen LogP contribution is 2.41. The van der Waals surface area contributed by atoms with Gasteiger partial charge < -0.3 is 0 Å². The van der Waals surface area contributed by atoms with Crippen LogP contribution in [0.4, 0.5) is 0 Å². The van der Waals surface area contributed by atoms with E-state index >= 15 is 0 Å². The fourth-order valence-corrected chi connectivity index (χ4v) is 6.54. The van der Waals surface area contributed by atoms with Crippen molar-refractivity contribution < 1.29 is 0 Å². The third-order valence-electron chi connectivity index (χ3n) is 4.81. The number of thioether (sulfide) groups is 1. The van der Waals surface area contributed by atoms with Crippen molar-refractivity contribution >= 4 is 35.0 Å². The van der Waals surface area contributed by atoms with Crippen molar-refractivity contribution in [2.75, 3.05) is 5.75 Å². The van der Waals surface area contributed by atoms with Crippen LogP contribution in [0.5, 0.6) is 0 Å². The highest BCUT2D eigenvalue weighted by Gasteiger charge is 2.34. The summed E-state index contributed by atoms with van der Waals surface area (Å²) < 4.78 is 0. The van der Waals surface area contributed by atoms with Crippen LogP contribution in [0.25, 0.3) is 0 Å². The summed E-state index contributed by atoms with van der Waals surface area (Å²) in [5.41, 5.74) is 0. The predicted octanol–water partition coefficient (Wildman–Crippen LogP) is 5.56. The molecule has 0 aromatic carbocycles. The number of hydrogen-bond acceptors (Lipinski definition) is 1. The van der Waals surface area contributed by atoms with Crippen LogP contribution in [-0.4, -0.2) is 21.8 Å². The summed E-state index contributed by atoms with van der Waals surface area (Å²) in [6.45, 7) is 4.84. The van der Waals surface area contributed by atoms with E-state index in [1.807, 2.05) is 0 Å². The first kappa shape index (κ1) is 15.3. The van der Waals surface area contributed by atoms with Gasteiger partial charge in [0.2, 0.25) is 0 Å². The molecule has 0 radical (unpaired) electrons. The summed E-state index contributed by atoms with van der Waals surface area (Å²) in [4.78, 5) is 0. The molecule has 0 heterocycles. The second kappa shape index (κ2) is 7.09. The molecule has 0 aromatic rings. The molecule has 2 aliphatic carbocycles. The van der Waals surface area contributed by atoms with E-state index in [-0.39, 0.29) is 0 Å². The molecule has 2 rings (SSSR count). The quantitative estimate of drug-likeness (QED) is 0.615. The Morgan fingerprint density at radius 2 is 1.39 bits per heavy atom. The molecule has 18 heavy (non-hydrogen) atoms. The first-order valence-electron chi connectivity index (χ1n) is 7.49. The molecule has 2 aliphatic rings. The molecule has 0 nitrogen and oxygen atoms in total. The van der Waals surface area contributed by atoms with E-state index in [0.717, 1.165) is 29.9 Å². The van der Waals surface area contributed by atoms with E-state index in [9.17, 15) is 0 Å². The van der Waals surface area contributed by atoms with Crippen LogP contribution in [-0.2, 0) is 0 Å². The smallest absolute Gasteiger partial charge is 0.0386 e. The Bertz CT molecular complexity index is 213. The Balaban J connectivity index is 1.85. The topological polar surface area (TPSA) is 0 Å². The van der Waals surface area contributed by atoms with Crippen molar-refractivity contribution in [1.29, 1.82) is 0 Å². The molecule has 2 saturated carbocycles. The van der Waals surface area contributed by atoms with Crippen molar-refractivity contribution in [2.24, 2.45) is 17.8 Å². The monoisotopic (exact) mass is 308 g/mol. The molecule has 0 aliphatic heterocycles. The van der Waals surface area contributed by atoms with E-state index < -0.39 is 0 Å². The van der Waals surface area contributed by atoms with Gasteiger partial charge in [0.25, 0.3) is 0 Å². The van der Waals surface area contributed by atoms with Crippen LogP contribution < -0.4 is 0 Å². The SMILES string of the molecule is CC1CCCC(C)C1SCC1C(Cl)CCCC1Cl. The predicted molar refractivity (Wildman–Crippen MR) is 85.0 cm³/mol. The molecule has 0 saturated heterocycles. The van der Waals surface area contributed by atoms with Gasteiger partial charge >= 0.3 is 0 Å². The normalized spacial score (nSPS) is 46.0. The third-order valence-corrected chi connectivity index (χ3v) is 7.79. The van der Waals surface area contributed by atoms with Crippen molar-refractivity contribution in [3.05, 3.63) is 0 Å². The van der Waals surface area contributed by atoms with Crippen molar-refractivity contribution in [1.82, 2.24) is 0 Å². The Morgan fingerprint density at radius 1 is 0.889 bits per heavy atom. The second-order valence-corrected chi connectivity index (χ2v) is 8.64. The lowest BCUT2D eigenvalue weighted by molar-refractivity contribution is 0.313. The maximum atomic E-state index is 6.47. The Hall–Kier alpha value is 0.930. The summed E-state index contributed by atoms with van der Waals surface area (Å²) in [7, 11) is 0. The fourth-order valence-electron chi connectivity index (χ4n) is 3.57. The molecule has 0 spiro atoms. The zero-order valence-corrected chi connectivity index (χ0v) is 13.9. The summed E-state index contributed by atoms with van der Waals surface area (Å²) in [5, 5.41) is 1.44. The maximum absolute atomic E-state index is 6.47. The van der Waals surface area contributed by atoms with Gasteiger partial charge in [-0.1, -0.05) is 26.7 Å². The number of hydrogen-bond donors (Lipinski definition) is 0. The van der Waals surface area contributed by atoms with Crippen LogP contribution in [0.15, 0.2) is 0 Å². The van der Waals surface area contributed by atoms with Crippen LogP contribution in [0.2, 0.25) is 0 Å². The maximum Gasteiger partial charge on any atom is 0.0386 e. The van der Waals surface area contributed by atoms with Gasteiger partial charge in [-0.25, -0.2) is 0 Å². The molecule has 4 unspecified atom stereocenters. The van der Waals surface area contributed by atoms with Gasteiger partial charge in [-0.3, -0.25) is 0 Å². The van der Waals surface area contributed by atoms with Crippen molar-refractivity contribution in [2.45, 2.75) is 68.4 Å². The highest BCUT2D eigenvalue weighted by molar-refractivity contribution is 7.99. The van der Waals surface area contributed by atoms with E-state index in [1.165, 1.54) is 31.4 Å². The van der Waals surface area contributed by atoms with E-state index in [4.69, 9.17) is 23.2 Å². The summed E-state index contributed by atoms with van der Waals surface area (Å²) in [6.07, 6.45) is 7.75. The van der Waals surface area contributed by atoms with Gasteiger partial charge in [-0.2, -0.15) is 11.8 Å². The van der Waals surface area contributed by atoms with Crippen LogP contribution in [0.1, 0.15) is 52.4 Å². The van der Waals surface area contributed by atoms with Gasteiger partial charge in [0.1, 0.15) is 0 Å². The summed E-state index contributed by atoms with van der Waals surface area (Å²) in [6, 6.07) is 0. The van der Waals surface area contributed by atoms with Gasteiger partial charge in [-0.15, -0.1) is 23.2 Å². The molecule has 0 N–H and O–H groups in total. The fraction of sp³-hybridized carbons (Fsp3) is 1.00. The molecular weight excluding hydrogens is 283 g/mol. The number of rotatable bonds is 3. The van der Waals surface area contributed by atoms with Crippen molar-refractivity contribution in [3.63, 3.8) is 0 Å². The number of halogens is 2. The lowest BCUT2D eigenvalue weighted by atomic mass is 9.83. The van der Waals surface area contributed by atoms with Gasteiger partial charge in [-0.05, 0) is 43.3 Å². The minimum atomic E-state index is 0.308. The zero-order valence-electron chi connectivity index (χ0n) is 11.6. The minimum absolute atomic E-state index is 0.308. The zero-order chi connectivity index (χ0) is 13.1. The second-order valence-electron chi connectivity index (χ2n) is 6.31. The third kappa shape index (κ3) is 3.73. The van der Waals surface area contributed by atoms with E-state index in [1.54, 1.807) is 0 Å². The Morgan fingerprint density at radius 3 is 1.94 bits per heavy atom. The van der Waals surface area contributed by atoms with E-state index in [2.05, 4.69) is 25.6 Å². The average Bonchev–Trinajstić information content (AvgIpc) is 2.31. The van der Waals surface area contributed by atoms with Crippen LogP contribution in [0, 0.1) is 17.8 Å². The van der Waals surface area contributed by atoms with Gasteiger partial charge in [0.15, 0.2) is 0 Å². The molecule has 106 valence electrons. The Labute approximate surface area is 127 Å². The van der Waals surface area contributed by atoms with Gasteiger partial charge in [0, 0.05) is 21.9 Å². The molecule has 0 bridgehead atoms. The van der Waals surface area contributed by atoms with E-state index in [0.29, 0.717) is 16.7 Å². The van der Waals surface area contributed by atoms with Crippen LogP contribution >= 0.6 is 35.0 Å². The molecule has 0 aromatic heterocycles. The standard InChI is InChI=1S/C15H26Cl2S/c1-10-5-3-6-11(2)15(10)18-9-12-13(16)7-4-8-14(12)17/h10-15H,3-9H2,1-2H3. The number of alkyl halides is 2. The first-order valence-corrected chi connectivity index (χ1v) is 9.41. The Kier molecular flexibility index (Phi) is 6.03. The van der Waals surface area contributed by atoms with Gasteiger partial charge in [0.05, 0.1) is 0 Å². The molecule has 3 heteroatoms. The first-order chi connectivity index (χ1) is 8.59. The largest absolute Gasteiger partial charge is 0.158 e. The summed E-state index contributed by atoms with van der Waals surface area (Å²) >= 11 is 15.1. The lowest BCUT2D eigenvalue weighted by Crippen LogP contribution is -2.34. The average molecular weight is 309 g/mol. The molecule has 2 fully saturated rings. The van der Waals surface area contributed by atoms with Crippen LogP contribution in [0.3, 0.4) is 0 Å². The molecule has 0 amide bonds. The highest BCUT2D eigenvalue weighted by atomic mass is 35.5. The lowest BCUT2D eigenvalue weighted by Gasteiger charge is -2.37. The minimum Gasteiger partial charge on any atom is -0.158 e. The molecule has 4 atom stereocenters. The molecular formula is C15H26Cl2S. The van der Waals surface area contributed by atoms with Crippen molar-refractivity contribution in [3.8, 4) is 0 Å². The summed E-state index contributed by atoms with van der Waals surface area (Å²) in [5.74, 6) is 3.42.